The maximum absolute atomic E-state index is 12.7. The van der Waals surface area contributed by atoms with Crippen molar-refractivity contribution in [2.24, 2.45) is 0 Å². The molecule has 1 atom stereocenters. The first-order chi connectivity index (χ1) is 15.5. The fourth-order valence-electron chi connectivity index (χ4n) is 3.34. The molecule has 0 aromatic heterocycles. The molecule has 2 rings (SSSR count). The van der Waals surface area contributed by atoms with Crippen LogP contribution in [0.25, 0.3) is 0 Å². The van der Waals surface area contributed by atoms with Crippen molar-refractivity contribution < 1.29 is 33.5 Å². The van der Waals surface area contributed by atoms with E-state index in [1.165, 1.54) is 24.3 Å². The van der Waals surface area contributed by atoms with E-state index in [0.29, 0.717) is 5.56 Å². The molecular weight excluding hydrogens is 432 g/mol. The van der Waals surface area contributed by atoms with Crippen molar-refractivity contribution in [3.8, 4) is 0 Å². The van der Waals surface area contributed by atoms with Gasteiger partial charge < -0.3 is 19.5 Å². The lowest BCUT2D eigenvalue weighted by atomic mass is 9.98. The van der Waals surface area contributed by atoms with Crippen LogP contribution in [0.5, 0.6) is 0 Å². The standard InChI is InChI=1S/C23H32N2O8/c1-23(2,3)33-22(28)24-19(21(27)32-18-7-5-4-6-8-18)13-14-20(26)31-15-16-9-11-17(12-10-16)25(29)30/h9-12,18-19H,4-8,13-15H2,1-3H3,(H,24,28)/t19-/m1/s1. The Labute approximate surface area is 193 Å². The van der Waals surface area contributed by atoms with Crippen LogP contribution in [0.4, 0.5) is 10.5 Å². The van der Waals surface area contributed by atoms with Crippen LogP contribution in [-0.4, -0.2) is 40.7 Å². The number of benzene rings is 1. The summed E-state index contributed by atoms with van der Waals surface area (Å²) in [5.41, 5.74) is -0.210. The Bertz CT molecular complexity index is 826. The van der Waals surface area contributed by atoms with Crippen LogP contribution in [0.2, 0.25) is 0 Å². The summed E-state index contributed by atoms with van der Waals surface area (Å²) in [6.07, 6.45) is 3.53. The summed E-state index contributed by atoms with van der Waals surface area (Å²) in [6, 6.07) is 4.60. The topological polar surface area (TPSA) is 134 Å². The van der Waals surface area contributed by atoms with Crippen molar-refractivity contribution in [1.82, 2.24) is 5.32 Å². The molecule has 33 heavy (non-hydrogen) atoms. The Kier molecular flexibility index (Phi) is 9.62. The lowest BCUT2D eigenvalue weighted by Gasteiger charge is -2.26. The van der Waals surface area contributed by atoms with Crippen LogP contribution < -0.4 is 5.32 Å². The molecule has 0 unspecified atom stereocenters. The number of amides is 1. The van der Waals surface area contributed by atoms with Crippen molar-refractivity contribution in [2.45, 2.75) is 90.1 Å². The molecule has 1 aliphatic carbocycles. The molecule has 10 nitrogen and oxygen atoms in total. The van der Waals surface area contributed by atoms with E-state index in [9.17, 15) is 24.5 Å². The highest BCUT2D eigenvalue weighted by Gasteiger charge is 2.29. The second kappa shape index (κ2) is 12.2. The molecule has 0 spiro atoms. The predicted molar refractivity (Wildman–Crippen MR) is 118 cm³/mol. The smallest absolute Gasteiger partial charge is 0.408 e. The molecule has 1 N–H and O–H groups in total. The first-order valence-electron chi connectivity index (χ1n) is 11.1. The van der Waals surface area contributed by atoms with E-state index >= 15 is 0 Å². The van der Waals surface area contributed by atoms with Gasteiger partial charge in [0, 0.05) is 18.6 Å². The number of hydrogen-bond acceptors (Lipinski definition) is 8. The van der Waals surface area contributed by atoms with E-state index in [-0.39, 0.29) is 31.2 Å². The van der Waals surface area contributed by atoms with E-state index in [2.05, 4.69) is 5.32 Å². The fourth-order valence-corrected chi connectivity index (χ4v) is 3.34. The maximum Gasteiger partial charge on any atom is 0.408 e. The number of carbonyl (C=O) groups is 3. The van der Waals surface area contributed by atoms with Gasteiger partial charge in [0.15, 0.2) is 0 Å². The summed E-state index contributed by atoms with van der Waals surface area (Å²) in [5, 5.41) is 13.2. The molecule has 0 saturated heterocycles. The molecule has 1 amide bonds. The monoisotopic (exact) mass is 464 g/mol. The van der Waals surface area contributed by atoms with Gasteiger partial charge in [0.1, 0.15) is 24.4 Å². The third kappa shape index (κ3) is 9.88. The number of rotatable bonds is 9. The number of alkyl carbamates (subject to hydrolysis) is 1. The van der Waals surface area contributed by atoms with Gasteiger partial charge in [0.05, 0.1) is 4.92 Å². The zero-order valence-corrected chi connectivity index (χ0v) is 19.3. The van der Waals surface area contributed by atoms with Crippen molar-refractivity contribution in [3.63, 3.8) is 0 Å². The summed E-state index contributed by atoms with van der Waals surface area (Å²) < 4.78 is 16.0. The van der Waals surface area contributed by atoms with Crippen molar-refractivity contribution in [2.75, 3.05) is 0 Å². The van der Waals surface area contributed by atoms with Gasteiger partial charge in [-0.3, -0.25) is 14.9 Å². The molecule has 1 aliphatic rings. The molecule has 1 saturated carbocycles. The minimum Gasteiger partial charge on any atom is -0.461 e. The lowest BCUT2D eigenvalue weighted by Crippen LogP contribution is -2.45. The Balaban J connectivity index is 1.90. The van der Waals surface area contributed by atoms with Gasteiger partial charge in [-0.1, -0.05) is 6.42 Å². The Morgan fingerprint density at radius 1 is 1.12 bits per heavy atom. The van der Waals surface area contributed by atoms with Crippen molar-refractivity contribution >= 4 is 23.7 Å². The summed E-state index contributed by atoms with van der Waals surface area (Å²) in [5.74, 6) is -1.18. The molecule has 0 radical (unpaired) electrons. The number of nitrogens with one attached hydrogen (secondary N) is 1. The molecule has 10 heteroatoms. The second-order valence-electron chi connectivity index (χ2n) is 9.02. The van der Waals surface area contributed by atoms with Gasteiger partial charge in [-0.25, -0.2) is 9.59 Å². The number of non-ortho nitro benzene ring substituents is 1. The number of nitro groups is 1. The van der Waals surface area contributed by atoms with Crippen LogP contribution in [0.1, 0.15) is 71.3 Å². The highest BCUT2D eigenvalue weighted by atomic mass is 16.6. The normalized spacial score (nSPS) is 15.2. The fraction of sp³-hybridized carbons (Fsp3) is 0.609. The highest BCUT2D eigenvalue weighted by molar-refractivity contribution is 5.82. The van der Waals surface area contributed by atoms with Gasteiger partial charge in [-0.05, 0) is 70.6 Å². The van der Waals surface area contributed by atoms with E-state index in [1.807, 2.05) is 0 Å². The third-order valence-corrected chi connectivity index (χ3v) is 4.99. The molecule has 0 heterocycles. The largest absolute Gasteiger partial charge is 0.461 e. The number of carbonyl (C=O) groups excluding carboxylic acids is 3. The summed E-state index contributed by atoms with van der Waals surface area (Å²) in [7, 11) is 0. The van der Waals surface area contributed by atoms with Crippen LogP contribution in [0, 0.1) is 10.1 Å². The van der Waals surface area contributed by atoms with Crippen LogP contribution >= 0.6 is 0 Å². The van der Waals surface area contributed by atoms with Crippen LogP contribution in [0.15, 0.2) is 24.3 Å². The van der Waals surface area contributed by atoms with Crippen LogP contribution in [-0.2, 0) is 30.4 Å². The maximum atomic E-state index is 12.7. The number of esters is 2. The van der Waals surface area contributed by atoms with Crippen molar-refractivity contribution in [1.29, 1.82) is 0 Å². The molecule has 1 aromatic rings. The van der Waals surface area contributed by atoms with Gasteiger partial charge in [-0.2, -0.15) is 0 Å². The van der Waals surface area contributed by atoms with E-state index in [1.54, 1.807) is 20.8 Å². The predicted octanol–water partition coefficient (Wildman–Crippen LogP) is 4.19. The molecule has 0 bridgehead atoms. The van der Waals surface area contributed by atoms with Crippen LogP contribution in [0.3, 0.4) is 0 Å². The molecule has 0 aliphatic heterocycles. The van der Waals surface area contributed by atoms with Gasteiger partial charge in [-0.15, -0.1) is 0 Å². The van der Waals surface area contributed by atoms with E-state index in [4.69, 9.17) is 14.2 Å². The highest BCUT2D eigenvalue weighted by Crippen LogP contribution is 2.21. The Hall–Kier alpha value is -3.17. The summed E-state index contributed by atoms with van der Waals surface area (Å²) >= 11 is 0. The molecular formula is C23H32N2O8. The third-order valence-electron chi connectivity index (χ3n) is 4.99. The minimum absolute atomic E-state index is 0.0100. The molecule has 182 valence electrons. The lowest BCUT2D eigenvalue weighted by molar-refractivity contribution is -0.384. The van der Waals surface area contributed by atoms with Gasteiger partial charge in [0.25, 0.3) is 5.69 Å². The minimum atomic E-state index is -1.05. The number of nitrogens with zero attached hydrogens (tertiary/aromatic N) is 1. The van der Waals surface area contributed by atoms with Gasteiger partial charge >= 0.3 is 18.0 Å². The Morgan fingerprint density at radius 3 is 2.33 bits per heavy atom. The average molecular weight is 465 g/mol. The Morgan fingerprint density at radius 2 is 1.76 bits per heavy atom. The first kappa shape index (κ1) is 26.1. The first-order valence-corrected chi connectivity index (χ1v) is 11.1. The summed E-state index contributed by atoms with van der Waals surface area (Å²) in [6.45, 7) is 5.06. The van der Waals surface area contributed by atoms with E-state index in [0.717, 1.165) is 32.1 Å². The molecule has 1 fully saturated rings. The average Bonchev–Trinajstić information content (AvgIpc) is 2.74. The quantitative estimate of drug-likeness (QED) is 0.249. The SMILES string of the molecule is CC(C)(C)OC(=O)N[C@H](CCC(=O)OCc1ccc([N+](=O)[O-])cc1)C(=O)OC1CCCCC1. The zero-order valence-electron chi connectivity index (χ0n) is 19.3. The number of ether oxygens (including phenoxy) is 3. The second-order valence-corrected chi connectivity index (χ2v) is 9.02. The van der Waals surface area contributed by atoms with Gasteiger partial charge in [0.2, 0.25) is 0 Å². The summed E-state index contributed by atoms with van der Waals surface area (Å²) in [4.78, 5) is 47.3. The number of hydrogen-bond donors (Lipinski definition) is 1. The van der Waals surface area contributed by atoms with Crippen molar-refractivity contribution in [3.05, 3.63) is 39.9 Å². The number of nitro benzene ring substituents is 1. The zero-order chi connectivity index (χ0) is 24.4. The molecule has 1 aromatic carbocycles. The van der Waals surface area contributed by atoms with E-state index < -0.39 is 34.6 Å².